The largest absolute Gasteiger partial charge is 0.409 e. The van der Waals surface area contributed by atoms with Crippen LogP contribution in [-0.4, -0.2) is 62.5 Å². The molecule has 0 fully saturated rings. The summed E-state index contributed by atoms with van der Waals surface area (Å²) in [5, 5.41) is 11.7. The Morgan fingerprint density at radius 2 is 1.94 bits per heavy atom. The van der Waals surface area contributed by atoms with E-state index in [-0.39, 0.29) is 11.9 Å². The van der Waals surface area contributed by atoms with Crippen LogP contribution in [0.15, 0.2) is 5.16 Å². The third-order valence-electron chi connectivity index (χ3n) is 2.47. The number of hydrogen-bond acceptors (Lipinski definition) is 5. The van der Waals surface area contributed by atoms with Crippen molar-refractivity contribution in [2.75, 3.05) is 40.5 Å². The zero-order valence-electron chi connectivity index (χ0n) is 10.3. The molecule has 0 aromatic carbocycles. The average Bonchev–Trinajstić information content (AvgIpc) is 2.31. The minimum absolute atomic E-state index is 0.1000. The van der Waals surface area contributed by atoms with Crippen molar-refractivity contribution < 1.29 is 14.7 Å². The molecule has 0 rings (SSSR count). The molecule has 0 aromatic heterocycles. The topological polar surface area (TPSA) is 80.3 Å². The van der Waals surface area contributed by atoms with Gasteiger partial charge in [0.2, 0.25) is 0 Å². The van der Waals surface area contributed by atoms with E-state index in [1.807, 2.05) is 6.92 Å². The van der Waals surface area contributed by atoms with E-state index in [2.05, 4.69) is 10.1 Å². The van der Waals surface area contributed by atoms with Gasteiger partial charge in [0.25, 0.3) is 0 Å². The summed E-state index contributed by atoms with van der Waals surface area (Å²) in [6, 6.07) is -0.1000. The van der Waals surface area contributed by atoms with Gasteiger partial charge in [0.05, 0.1) is 12.6 Å². The van der Waals surface area contributed by atoms with E-state index in [1.165, 1.54) is 0 Å². The molecule has 0 aliphatic rings. The summed E-state index contributed by atoms with van der Waals surface area (Å²) in [4.78, 5) is 2.09. The molecule has 0 saturated carbocycles. The first-order valence-corrected chi connectivity index (χ1v) is 5.36. The molecule has 0 aliphatic heterocycles. The Hall–Kier alpha value is -0.850. The Morgan fingerprint density at radius 3 is 2.44 bits per heavy atom. The number of amidine groups is 1. The lowest BCUT2D eigenvalue weighted by Gasteiger charge is -2.27. The molecule has 0 aliphatic carbocycles. The molecule has 0 heterocycles. The highest BCUT2D eigenvalue weighted by atomic mass is 16.5. The van der Waals surface area contributed by atoms with Gasteiger partial charge in [-0.2, -0.15) is 0 Å². The predicted molar refractivity (Wildman–Crippen MR) is 62.8 cm³/mol. The fraction of sp³-hybridized carbons (Fsp3) is 0.900. The lowest BCUT2D eigenvalue weighted by molar-refractivity contribution is 0.125. The second-order valence-corrected chi connectivity index (χ2v) is 3.58. The molecule has 0 amide bonds. The number of nitrogens with two attached hydrogens (primary N) is 1. The standard InChI is InChI=1S/C10H23N3O3/c1-9(10(11)12-14)13(6-8-16-3)5-4-7-15-2/h9,14H,4-8H2,1-3H3,(H2,11,12). The van der Waals surface area contributed by atoms with E-state index < -0.39 is 0 Å². The Kier molecular flexibility index (Phi) is 8.88. The number of rotatable bonds is 9. The fourth-order valence-electron chi connectivity index (χ4n) is 1.39. The third-order valence-corrected chi connectivity index (χ3v) is 2.47. The van der Waals surface area contributed by atoms with Crippen LogP contribution >= 0.6 is 0 Å². The van der Waals surface area contributed by atoms with Gasteiger partial charge in [-0.1, -0.05) is 5.16 Å². The Labute approximate surface area is 97.0 Å². The summed E-state index contributed by atoms with van der Waals surface area (Å²) >= 11 is 0. The smallest absolute Gasteiger partial charge is 0.156 e. The molecule has 16 heavy (non-hydrogen) atoms. The third kappa shape index (κ3) is 5.89. The quantitative estimate of drug-likeness (QED) is 0.194. The van der Waals surface area contributed by atoms with Crippen LogP contribution in [0.3, 0.4) is 0 Å². The van der Waals surface area contributed by atoms with Gasteiger partial charge in [0.1, 0.15) is 0 Å². The molecular weight excluding hydrogens is 210 g/mol. The lowest BCUT2D eigenvalue weighted by atomic mass is 10.2. The van der Waals surface area contributed by atoms with Crippen molar-refractivity contribution in [3.8, 4) is 0 Å². The van der Waals surface area contributed by atoms with Crippen LogP contribution in [0.25, 0.3) is 0 Å². The highest BCUT2D eigenvalue weighted by molar-refractivity contribution is 5.84. The molecule has 6 nitrogen and oxygen atoms in total. The SMILES string of the molecule is COCCCN(CCOC)C(C)C(N)=NO. The predicted octanol–water partition coefficient (Wildman–Crippen LogP) is 0.106. The maximum absolute atomic E-state index is 8.63. The van der Waals surface area contributed by atoms with Crippen molar-refractivity contribution >= 4 is 5.84 Å². The van der Waals surface area contributed by atoms with Crippen molar-refractivity contribution in [1.82, 2.24) is 4.90 Å². The summed E-state index contributed by atoms with van der Waals surface area (Å²) in [5.74, 6) is 0.216. The molecule has 96 valence electrons. The number of ether oxygens (including phenoxy) is 2. The maximum Gasteiger partial charge on any atom is 0.156 e. The number of oxime groups is 1. The molecule has 0 saturated heterocycles. The first-order chi connectivity index (χ1) is 7.67. The van der Waals surface area contributed by atoms with Crippen LogP contribution in [0.1, 0.15) is 13.3 Å². The van der Waals surface area contributed by atoms with E-state index in [1.54, 1.807) is 14.2 Å². The molecule has 3 N–H and O–H groups in total. The molecule has 6 heteroatoms. The van der Waals surface area contributed by atoms with Crippen molar-refractivity contribution in [1.29, 1.82) is 0 Å². The van der Waals surface area contributed by atoms with Crippen molar-refractivity contribution in [3.63, 3.8) is 0 Å². The highest BCUT2D eigenvalue weighted by Crippen LogP contribution is 2.01. The van der Waals surface area contributed by atoms with E-state index in [4.69, 9.17) is 20.4 Å². The molecule has 0 spiro atoms. The fourth-order valence-corrected chi connectivity index (χ4v) is 1.39. The van der Waals surface area contributed by atoms with E-state index >= 15 is 0 Å². The zero-order valence-corrected chi connectivity index (χ0v) is 10.3. The second kappa shape index (κ2) is 9.38. The van der Waals surface area contributed by atoms with Gasteiger partial charge in [-0.25, -0.2) is 0 Å². The van der Waals surface area contributed by atoms with Gasteiger partial charge in [0, 0.05) is 33.9 Å². The minimum atomic E-state index is -0.1000. The van der Waals surface area contributed by atoms with Crippen LogP contribution in [0.5, 0.6) is 0 Å². The van der Waals surface area contributed by atoms with Crippen LogP contribution in [0, 0.1) is 0 Å². The van der Waals surface area contributed by atoms with Gasteiger partial charge in [-0.3, -0.25) is 4.90 Å². The Morgan fingerprint density at radius 1 is 1.31 bits per heavy atom. The molecule has 0 radical (unpaired) electrons. The highest BCUT2D eigenvalue weighted by Gasteiger charge is 2.16. The van der Waals surface area contributed by atoms with Crippen LogP contribution in [-0.2, 0) is 9.47 Å². The summed E-state index contributed by atoms with van der Waals surface area (Å²) in [5.41, 5.74) is 5.58. The van der Waals surface area contributed by atoms with Crippen molar-refractivity contribution in [3.05, 3.63) is 0 Å². The molecular formula is C10H23N3O3. The van der Waals surface area contributed by atoms with Crippen LogP contribution < -0.4 is 5.73 Å². The minimum Gasteiger partial charge on any atom is -0.409 e. The lowest BCUT2D eigenvalue weighted by Crippen LogP contribution is -2.45. The summed E-state index contributed by atoms with van der Waals surface area (Å²) in [7, 11) is 3.33. The summed E-state index contributed by atoms with van der Waals surface area (Å²) < 4.78 is 10.0. The molecule has 1 atom stereocenters. The van der Waals surface area contributed by atoms with Gasteiger partial charge in [-0.05, 0) is 13.3 Å². The number of nitrogens with zero attached hydrogens (tertiary/aromatic N) is 2. The van der Waals surface area contributed by atoms with Crippen molar-refractivity contribution in [2.24, 2.45) is 10.9 Å². The van der Waals surface area contributed by atoms with E-state index in [0.717, 1.165) is 19.5 Å². The van der Waals surface area contributed by atoms with Crippen LogP contribution in [0.2, 0.25) is 0 Å². The van der Waals surface area contributed by atoms with Gasteiger partial charge < -0.3 is 20.4 Å². The Bertz CT molecular complexity index is 200. The molecule has 0 bridgehead atoms. The average molecular weight is 233 g/mol. The normalized spacial score (nSPS) is 14.4. The Balaban J connectivity index is 4.17. The first-order valence-electron chi connectivity index (χ1n) is 5.36. The number of hydrogen-bond donors (Lipinski definition) is 2. The second-order valence-electron chi connectivity index (χ2n) is 3.58. The van der Waals surface area contributed by atoms with Gasteiger partial charge >= 0.3 is 0 Å². The van der Waals surface area contributed by atoms with E-state index in [0.29, 0.717) is 13.2 Å². The summed E-state index contributed by atoms with van der Waals surface area (Å²) in [6.07, 6.45) is 0.906. The monoisotopic (exact) mass is 233 g/mol. The maximum atomic E-state index is 8.63. The van der Waals surface area contributed by atoms with Crippen LogP contribution in [0.4, 0.5) is 0 Å². The van der Waals surface area contributed by atoms with Gasteiger partial charge in [0.15, 0.2) is 5.84 Å². The molecule has 1 unspecified atom stereocenters. The van der Waals surface area contributed by atoms with Crippen molar-refractivity contribution in [2.45, 2.75) is 19.4 Å². The van der Waals surface area contributed by atoms with Gasteiger partial charge in [-0.15, -0.1) is 0 Å². The number of methoxy groups -OCH3 is 2. The zero-order chi connectivity index (χ0) is 12.4. The molecule has 0 aromatic rings. The first kappa shape index (κ1) is 15.2. The summed E-state index contributed by atoms with van der Waals surface area (Å²) in [6.45, 7) is 4.80. The van der Waals surface area contributed by atoms with E-state index in [9.17, 15) is 0 Å².